The molecule has 1 aliphatic carbocycles. The van der Waals surface area contributed by atoms with E-state index in [1.165, 1.54) is 6.42 Å². The first-order chi connectivity index (χ1) is 8.09. The predicted molar refractivity (Wildman–Crippen MR) is 70.5 cm³/mol. The average molecular weight is 233 g/mol. The van der Waals surface area contributed by atoms with Crippen LogP contribution in [0, 0.1) is 11.8 Å². The summed E-state index contributed by atoms with van der Waals surface area (Å²) in [6.07, 6.45) is 3.20. The lowest BCUT2D eigenvalue weighted by atomic mass is 10.0. The zero-order chi connectivity index (χ0) is 12.4. The molecular formula is C14H23N3. The summed E-state index contributed by atoms with van der Waals surface area (Å²) < 4.78 is 0. The zero-order valence-corrected chi connectivity index (χ0v) is 11.0. The first-order valence-corrected chi connectivity index (χ1v) is 6.46. The molecule has 2 rings (SSSR count). The molecule has 0 saturated heterocycles. The average Bonchev–Trinajstić information content (AvgIpc) is 2.95. The van der Waals surface area contributed by atoms with Crippen molar-refractivity contribution >= 4 is 0 Å². The molecule has 1 aromatic rings. The lowest BCUT2D eigenvalue weighted by Crippen LogP contribution is -2.38. The van der Waals surface area contributed by atoms with Crippen molar-refractivity contribution in [3.8, 4) is 0 Å². The second kappa shape index (κ2) is 5.15. The van der Waals surface area contributed by atoms with Crippen LogP contribution < -0.4 is 5.73 Å². The van der Waals surface area contributed by atoms with Crippen molar-refractivity contribution in [3.05, 3.63) is 30.1 Å². The summed E-state index contributed by atoms with van der Waals surface area (Å²) in [6, 6.07) is 6.38. The number of nitrogens with zero attached hydrogens (tertiary/aromatic N) is 2. The number of pyridine rings is 1. The van der Waals surface area contributed by atoms with Crippen molar-refractivity contribution in [3.63, 3.8) is 0 Å². The van der Waals surface area contributed by atoms with Crippen molar-refractivity contribution in [2.75, 3.05) is 13.6 Å². The highest BCUT2D eigenvalue weighted by Gasteiger charge is 2.35. The van der Waals surface area contributed by atoms with Gasteiger partial charge in [0.2, 0.25) is 0 Å². The SMILES string of the molecule is CC(N)C(c1ccccn1)N(C)CC1CC1C. The van der Waals surface area contributed by atoms with E-state index in [0.717, 1.165) is 24.1 Å². The second-order valence-corrected chi connectivity index (χ2v) is 5.47. The predicted octanol–water partition coefficient (Wildman–Crippen LogP) is 2.06. The van der Waals surface area contributed by atoms with Crippen LogP contribution in [0.2, 0.25) is 0 Å². The molecule has 4 unspecified atom stereocenters. The van der Waals surface area contributed by atoms with Crippen LogP contribution in [0.3, 0.4) is 0 Å². The Labute approximate surface area is 104 Å². The molecule has 1 saturated carbocycles. The zero-order valence-electron chi connectivity index (χ0n) is 11.0. The summed E-state index contributed by atoms with van der Waals surface area (Å²) in [5.41, 5.74) is 7.20. The molecule has 0 amide bonds. The minimum absolute atomic E-state index is 0.101. The van der Waals surface area contributed by atoms with Gasteiger partial charge in [-0.1, -0.05) is 13.0 Å². The molecular weight excluding hydrogens is 210 g/mol. The fourth-order valence-electron chi connectivity index (χ4n) is 2.58. The molecule has 1 fully saturated rings. The fraction of sp³-hybridized carbons (Fsp3) is 0.643. The number of nitrogens with two attached hydrogens (primary N) is 1. The Hall–Kier alpha value is -0.930. The summed E-state index contributed by atoms with van der Waals surface area (Å²) in [7, 11) is 2.16. The lowest BCUT2D eigenvalue weighted by Gasteiger charge is -2.30. The number of hydrogen-bond donors (Lipinski definition) is 1. The minimum atomic E-state index is 0.101. The molecule has 3 nitrogen and oxygen atoms in total. The summed E-state index contributed by atoms with van der Waals surface area (Å²) in [5.74, 6) is 1.74. The van der Waals surface area contributed by atoms with Crippen LogP contribution in [-0.2, 0) is 0 Å². The highest BCUT2D eigenvalue weighted by atomic mass is 15.2. The van der Waals surface area contributed by atoms with Crippen LogP contribution in [0.4, 0.5) is 0 Å². The van der Waals surface area contributed by atoms with Gasteiger partial charge in [0.15, 0.2) is 0 Å². The van der Waals surface area contributed by atoms with Crippen LogP contribution in [0.5, 0.6) is 0 Å². The van der Waals surface area contributed by atoms with E-state index in [-0.39, 0.29) is 12.1 Å². The van der Waals surface area contributed by atoms with Gasteiger partial charge in [0, 0.05) is 18.8 Å². The maximum absolute atomic E-state index is 6.12. The number of rotatable bonds is 5. The van der Waals surface area contributed by atoms with Crippen LogP contribution in [0.25, 0.3) is 0 Å². The highest BCUT2D eigenvalue weighted by Crippen LogP contribution is 2.39. The van der Waals surface area contributed by atoms with Gasteiger partial charge in [-0.25, -0.2) is 0 Å². The molecule has 94 valence electrons. The lowest BCUT2D eigenvalue weighted by molar-refractivity contribution is 0.204. The fourth-order valence-corrected chi connectivity index (χ4v) is 2.58. The molecule has 1 heterocycles. The Morgan fingerprint density at radius 1 is 1.53 bits per heavy atom. The van der Waals surface area contributed by atoms with E-state index in [1.807, 2.05) is 18.3 Å². The molecule has 1 aliphatic rings. The van der Waals surface area contributed by atoms with Gasteiger partial charge in [-0.2, -0.15) is 0 Å². The summed E-state index contributed by atoms with van der Waals surface area (Å²) in [4.78, 5) is 6.81. The van der Waals surface area contributed by atoms with E-state index in [9.17, 15) is 0 Å². The van der Waals surface area contributed by atoms with E-state index < -0.39 is 0 Å². The van der Waals surface area contributed by atoms with Gasteiger partial charge in [-0.05, 0) is 44.4 Å². The first-order valence-electron chi connectivity index (χ1n) is 6.46. The normalized spacial score (nSPS) is 26.9. The van der Waals surface area contributed by atoms with Gasteiger partial charge in [-0.3, -0.25) is 9.88 Å². The minimum Gasteiger partial charge on any atom is -0.326 e. The molecule has 0 spiro atoms. The van der Waals surface area contributed by atoms with Gasteiger partial charge in [0.25, 0.3) is 0 Å². The number of likely N-dealkylation sites (N-methyl/N-ethyl adjacent to an activating group) is 1. The third kappa shape index (κ3) is 3.05. The number of aromatic nitrogens is 1. The molecule has 0 radical (unpaired) electrons. The quantitative estimate of drug-likeness (QED) is 0.846. The molecule has 0 aliphatic heterocycles. The van der Waals surface area contributed by atoms with Crippen LogP contribution >= 0.6 is 0 Å². The molecule has 4 atom stereocenters. The van der Waals surface area contributed by atoms with E-state index in [4.69, 9.17) is 5.73 Å². The Morgan fingerprint density at radius 3 is 2.71 bits per heavy atom. The maximum atomic E-state index is 6.12. The van der Waals surface area contributed by atoms with E-state index in [0.29, 0.717) is 0 Å². The van der Waals surface area contributed by atoms with Gasteiger partial charge in [-0.15, -0.1) is 0 Å². The van der Waals surface area contributed by atoms with Gasteiger partial charge in [0.1, 0.15) is 0 Å². The highest BCUT2D eigenvalue weighted by molar-refractivity contribution is 5.11. The Balaban J connectivity index is 2.06. The molecule has 0 aromatic carbocycles. The molecule has 0 bridgehead atoms. The topological polar surface area (TPSA) is 42.1 Å². The first kappa shape index (κ1) is 12.5. The van der Waals surface area contributed by atoms with Gasteiger partial charge < -0.3 is 5.73 Å². The van der Waals surface area contributed by atoms with Crippen LogP contribution in [0.15, 0.2) is 24.4 Å². The summed E-state index contributed by atoms with van der Waals surface area (Å²) >= 11 is 0. The third-order valence-electron chi connectivity index (χ3n) is 3.76. The van der Waals surface area contributed by atoms with E-state index in [1.54, 1.807) is 0 Å². The Kier molecular flexibility index (Phi) is 3.79. The Morgan fingerprint density at radius 2 is 2.24 bits per heavy atom. The van der Waals surface area contributed by atoms with Crippen molar-refractivity contribution in [1.82, 2.24) is 9.88 Å². The monoisotopic (exact) mass is 233 g/mol. The van der Waals surface area contributed by atoms with Crippen LogP contribution in [0.1, 0.15) is 32.0 Å². The van der Waals surface area contributed by atoms with E-state index >= 15 is 0 Å². The van der Waals surface area contributed by atoms with Crippen molar-refractivity contribution in [2.24, 2.45) is 17.6 Å². The van der Waals surface area contributed by atoms with Crippen LogP contribution in [-0.4, -0.2) is 29.5 Å². The number of hydrogen-bond acceptors (Lipinski definition) is 3. The molecule has 1 aromatic heterocycles. The third-order valence-corrected chi connectivity index (χ3v) is 3.76. The standard InChI is InChI=1S/C14H23N3/c1-10-8-12(10)9-17(3)14(11(2)15)13-6-4-5-7-16-13/h4-7,10-12,14H,8-9,15H2,1-3H3. The van der Waals surface area contributed by atoms with Crippen molar-refractivity contribution < 1.29 is 0 Å². The summed E-state index contributed by atoms with van der Waals surface area (Å²) in [6.45, 7) is 5.51. The largest absolute Gasteiger partial charge is 0.326 e. The van der Waals surface area contributed by atoms with Crippen molar-refractivity contribution in [1.29, 1.82) is 0 Å². The molecule has 2 N–H and O–H groups in total. The molecule has 17 heavy (non-hydrogen) atoms. The smallest absolute Gasteiger partial charge is 0.0668 e. The molecule has 3 heteroatoms. The maximum Gasteiger partial charge on any atom is 0.0668 e. The second-order valence-electron chi connectivity index (χ2n) is 5.47. The van der Waals surface area contributed by atoms with Gasteiger partial charge >= 0.3 is 0 Å². The summed E-state index contributed by atoms with van der Waals surface area (Å²) in [5, 5.41) is 0. The van der Waals surface area contributed by atoms with Gasteiger partial charge in [0.05, 0.1) is 11.7 Å². The van der Waals surface area contributed by atoms with Crippen molar-refractivity contribution in [2.45, 2.75) is 32.4 Å². The Bertz CT molecular complexity index is 350. The van der Waals surface area contributed by atoms with E-state index in [2.05, 4.69) is 36.8 Å².